The van der Waals surface area contributed by atoms with Gasteiger partial charge in [0, 0.05) is 4.47 Å². The molecule has 1 atom stereocenters. The van der Waals surface area contributed by atoms with Gasteiger partial charge in [0.1, 0.15) is 5.75 Å². The van der Waals surface area contributed by atoms with Gasteiger partial charge in [-0.3, -0.25) is 4.79 Å². The second kappa shape index (κ2) is 5.89. The molecule has 0 aliphatic rings. The second-order valence-corrected chi connectivity index (χ2v) is 5.12. The molecule has 0 bridgehead atoms. The number of halogens is 1. The summed E-state index contributed by atoms with van der Waals surface area (Å²) in [5.41, 5.74) is 1.45. The van der Waals surface area contributed by atoms with Gasteiger partial charge in [-0.25, -0.2) is 0 Å². The lowest BCUT2D eigenvalue weighted by Crippen LogP contribution is -2.26. The molecule has 0 heterocycles. The first-order valence-corrected chi connectivity index (χ1v) is 6.71. The van der Waals surface area contributed by atoms with Crippen LogP contribution in [0, 0.1) is 0 Å². The summed E-state index contributed by atoms with van der Waals surface area (Å²) >= 11 is 3.35. The molecular weight excluding hydrogens is 306 g/mol. The number of hydrogen-bond acceptors (Lipinski definition) is 2. The van der Waals surface area contributed by atoms with Crippen molar-refractivity contribution in [3.63, 3.8) is 0 Å². The highest BCUT2D eigenvalue weighted by molar-refractivity contribution is 9.10. The fourth-order valence-electron chi connectivity index (χ4n) is 1.80. The van der Waals surface area contributed by atoms with Crippen LogP contribution in [0.15, 0.2) is 53.0 Å². The summed E-state index contributed by atoms with van der Waals surface area (Å²) in [5, 5.41) is 12.3. The van der Waals surface area contributed by atoms with Gasteiger partial charge in [0.2, 0.25) is 0 Å². The molecule has 4 heteroatoms. The SMILES string of the molecule is CC(NC(=O)c1ccccc1Br)c1cccc(O)c1. The van der Waals surface area contributed by atoms with Crippen molar-refractivity contribution in [2.45, 2.75) is 13.0 Å². The number of benzene rings is 2. The number of aromatic hydroxyl groups is 1. The minimum Gasteiger partial charge on any atom is -0.508 e. The summed E-state index contributed by atoms with van der Waals surface area (Å²) in [5.74, 6) is 0.0443. The van der Waals surface area contributed by atoms with Crippen LogP contribution in [0.3, 0.4) is 0 Å². The molecule has 98 valence electrons. The van der Waals surface area contributed by atoms with Crippen molar-refractivity contribution < 1.29 is 9.90 Å². The van der Waals surface area contributed by atoms with E-state index in [0.717, 1.165) is 10.0 Å². The monoisotopic (exact) mass is 319 g/mol. The zero-order valence-corrected chi connectivity index (χ0v) is 12.0. The molecule has 2 N–H and O–H groups in total. The summed E-state index contributed by atoms with van der Waals surface area (Å²) in [6.45, 7) is 1.88. The van der Waals surface area contributed by atoms with E-state index < -0.39 is 0 Å². The summed E-state index contributed by atoms with van der Waals surface area (Å²) in [7, 11) is 0. The third kappa shape index (κ3) is 3.35. The van der Waals surface area contributed by atoms with Crippen LogP contribution in [-0.4, -0.2) is 11.0 Å². The van der Waals surface area contributed by atoms with E-state index in [1.807, 2.05) is 31.2 Å². The fourth-order valence-corrected chi connectivity index (χ4v) is 2.26. The molecule has 0 aliphatic carbocycles. The topological polar surface area (TPSA) is 49.3 Å². The molecule has 1 amide bonds. The van der Waals surface area contributed by atoms with Crippen LogP contribution < -0.4 is 5.32 Å². The van der Waals surface area contributed by atoms with Gasteiger partial charge in [-0.05, 0) is 52.7 Å². The normalized spacial score (nSPS) is 11.9. The second-order valence-electron chi connectivity index (χ2n) is 4.27. The van der Waals surface area contributed by atoms with E-state index >= 15 is 0 Å². The van der Waals surface area contributed by atoms with Crippen LogP contribution >= 0.6 is 15.9 Å². The van der Waals surface area contributed by atoms with E-state index in [0.29, 0.717) is 5.56 Å². The predicted octanol–water partition coefficient (Wildman–Crippen LogP) is 3.65. The number of carbonyl (C=O) groups excluding carboxylic acids is 1. The smallest absolute Gasteiger partial charge is 0.252 e. The molecule has 0 saturated heterocycles. The molecule has 2 rings (SSSR count). The fraction of sp³-hybridized carbons (Fsp3) is 0.133. The summed E-state index contributed by atoms with van der Waals surface area (Å²) < 4.78 is 0.760. The summed E-state index contributed by atoms with van der Waals surface area (Å²) in [6, 6.07) is 14.0. The molecule has 0 aromatic heterocycles. The largest absolute Gasteiger partial charge is 0.508 e. The van der Waals surface area contributed by atoms with Crippen molar-refractivity contribution >= 4 is 21.8 Å². The van der Waals surface area contributed by atoms with Gasteiger partial charge >= 0.3 is 0 Å². The lowest BCUT2D eigenvalue weighted by molar-refractivity contribution is 0.0939. The predicted molar refractivity (Wildman–Crippen MR) is 78.1 cm³/mol. The lowest BCUT2D eigenvalue weighted by atomic mass is 10.1. The van der Waals surface area contributed by atoms with E-state index in [1.165, 1.54) is 0 Å². The minimum atomic E-state index is -0.174. The third-order valence-electron chi connectivity index (χ3n) is 2.84. The van der Waals surface area contributed by atoms with Crippen LogP contribution in [0.1, 0.15) is 28.9 Å². The molecule has 0 radical (unpaired) electrons. The van der Waals surface area contributed by atoms with Crippen LogP contribution in [0.25, 0.3) is 0 Å². The average molecular weight is 320 g/mol. The summed E-state index contributed by atoms with van der Waals surface area (Å²) in [6.07, 6.45) is 0. The van der Waals surface area contributed by atoms with Crippen LogP contribution in [0.4, 0.5) is 0 Å². The highest BCUT2D eigenvalue weighted by atomic mass is 79.9. The Bertz CT molecular complexity index is 598. The Balaban J connectivity index is 2.13. The maximum absolute atomic E-state index is 12.1. The molecule has 0 spiro atoms. The lowest BCUT2D eigenvalue weighted by Gasteiger charge is -2.15. The Morgan fingerprint density at radius 2 is 1.95 bits per heavy atom. The molecule has 0 aliphatic heterocycles. The van der Waals surface area contributed by atoms with Gasteiger partial charge in [-0.2, -0.15) is 0 Å². The van der Waals surface area contributed by atoms with Gasteiger partial charge in [0.25, 0.3) is 5.91 Å². The van der Waals surface area contributed by atoms with Crippen LogP contribution in [-0.2, 0) is 0 Å². The van der Waals surface area contributed by atoms with E-state index in [9.17, 15) is 9.90 Å². The van der Waals surface area contributed by atoms with Gasteiger partial charge in [0.15, 0.2) is 0 Å². The number of hydrogen-bond donors (Lipinski definition) is 2. The van der Waals surface area contributed by atoms with E-state index in [-0.39, 0.29) is 17.7 Å². The van der Waals surface area contributed by atoms with Gasteiger partial charge in [0.05, 0.1) is 11.6 Å². The molecule has 1 unspecified atom stereocenters. The minimum absolute atomic E-state index is 0.150. The molecular formula is C15H14BrNO2. The van der Waals surface area contributed by atoms with E-state index in [1.54, 1.807) is 24.3 Å². The van der Waals surface area contributed by atoms with E-state index in [4.69, 9.17) is 0 Å². The Labute approximate surface area is 120 Å². The van der Waals surface area contributed by atoms with Crippen molar-refractivity contribution in [3.8, 4) is 5.75 Å². The zero-order chi connectivity index (χ0) is 13.8. The number of nitrogens with one attached hydrogen (secondary N) is 1. The first kappa shape index (κ1) is 13.6. The molecule has 3 nitrogen and oxygen atoms in total. The molecule has 2 aromatic carbocycles. The van der Waals surface area contributed by atoms with Crippen molar-refractivity contribution in [1.82, 2.24) is 5.32 Å². The number of amides is 1. The Kier molecular flexibility index (Phi) is 4.22. The van der Waals surface area contributed by atoms with Crippen LogP contribution in [0.5, 0.6) is 5.75 Å². The standard InChI is InChI=1S/C15H14BrNO2/c1-10(11-5-4-6-12(18)9-11)17-15(19)13-7-2-3-8-14(13)16/h2-10,18H,1H3,(H,17,19). The Morgan fingerprint density at radius 1 is 1.21 bits per heavy atom. The molecule has 2 aromatic rings. The van der Waals surface area contributed by atoms with Gasteiger partial charge in [-0.15, -0.1) is 0 Å². The molecule has 0 saturated carbocycles. The first-order chi connectivity index (χ1) is 9.08. The number of phenolic OH excluding ortho intramolecular Hbond substituents is 1. The number of carbonyl (C=O) groups is 1. The first-order valence-electron chi connectivity index (χ1n) is 5.92. The van der Waals surface area contributed by atoms with Crippen molar-refractivity contribution in [1.29, 1.82) is 0 Å². The Hall–Kier alpha value is -1.81. The maximum Gasteiger partial charge on any atom is 0.252 e. The van der Waals surface area contributed by atoms with E-state index in [2.05, 4.69) is 21.2 Å². The van der Waals surface area contributed by atoms with Crippen LogP contribution in [0.2, 0.25) is 0 Å². The number of phenols is 1. The van der Waals surface area contributed by atoms with Gasteiger partial charge < -0.3 is 10.4 Å². The molecule has 19 heavy (non-hydrogen) atoms. The maximum atomic E-state index is 12.1. The Morgan fingerprint density at radius 3 is 2.63 bits per heavy atom. The zero-order valence-electron chi connectivity index (χ0n) is 10.4. The number of rotatable bonds is 3. The van der Waals surface area contributed by atoms with Crippen molar-refractivity contribution in [3.05, 3.63) is 64.1 Å². The van der Waals surface area contributed by atoms with Gasteiger partial charge in [-0.1, -0.05) is 24.3 Å². The highest BCUT2D eigenvalue weighted by Crippen LogP contribution is 2.20. The summed E-state index contributed by atoms with van der Waals surface area (Å²) in [4.78, 5) is 12.1. The third-order valence-corrected chi connectivity index (χ3v) is 3.53. The average Bonchev–Trinajstić information content (AvgIpc) is 2.39. The van der Waals surface area contributed by atoms with Crippen molar-refractivity contribution in [2.24, 2.45) is 0 Å². The highest BCUT2D eigenvalue weighted by Gasteiger charge is 2.13. The molecule has 0 fully saturated rings. The quantitative estimate of drug-likeness (QED) is 0.907. The van der Waals surface area contributed by atoms with Crippen molar-refractivity contribution in [2.75, 3.05) is 0 Å².